The minimum Gasteiger partial charge on any atom is -0.326 e. The highest BCUT2D eigenvalue weighted by atomic mass is 16.2. The Kier molecular flexibility index (Phi) is 4.42. The molecule has 1 aromatic rings. The van der Waals surface area contributed by atoms with E-state index in [1.807, 2.05) is 32.0 Å². The number of benzene rings is 1. The molecule has 0 aromatic heterocycles. The average molecular weight is 314 g/mol. The Hall–Kier alpha value is -1.84. The highest BCUT2D eigenvalue weighted by Gasteiger charge is 2.47. The van der Waals surface area contributed by atoms with Gasteiger partial charge in [-0.3, -0.25) is 9.59 Å². The predicted octanol–water partition coefficient (Wildman–Crippen LogP) is 4.22. The second-order valence-electron chi connectivity index (χ2n) is 6.86. The summed E-state index contributed by atoms with van der Waals surface area (Å²) in [5.74, 6) is 0.257. The molecule has 1 heterocycles. The van der Waals surface area contributed by atoms with Crippen LogP contribution in [-0.4, -0.2) is 11.8 Å². The Bertz CT molecular complexity index is 614. The lowest BCUT2D eigenvalue weighted by atomic mass is 9.70. The van der Waals surface area contributed by atoms with Crippen LogP contribution in [0.1, 0.15) is 64.4 Å². The van der Waals surface area contributed by atoms with Gasteiger partial charge in [-0.1, -0.05) is 33.1 Å². The Balaban J connectivity index is 1.87. The Morgan fingerprint density at radius 3 is 2.57 bits per heavy atom. The van der Waals surface area contributed by atoms with Gasteiger partial charge in [-0.25, -0.2) is 0 Å². The summed E-state index contributed by atoms with van der Waals surface area (Å²) in [5, 5.41) is 6.06. The van der Waals surface area contributed by atoms with Crippen LogP contribution in [0.4, 0.5) is 11.4 Å². The zero-order valence-corrected chi connectivity index (χ0v) is 14.1. The normalized spacial score (nSPS) is 18.8. The highest BCUT2D eigenvalue weighted by Crippen LogP contribution is 2.48. The molecule has 1 spiro atoms. The summed E-state index contributed by atoms with van der Waals surface area (Å²) in [6, 6.07) is 5.83. The molecular weight excluding hydrogens is 288 g/mol. The second-order valence-corrected chi connectivity index (χ2v) is 6.86. The molecule has 2 aliphatic rings. The molecule has 1 saturated carbocycles. The number of hydrogen-bond donors (Lipinski definition) is 2. The van der Waals surface area contributed by atoms with Crippen LogP contribution in [0.3, 0.4) is 0 Å². The Morgan fingerprint density at radius 2 is 1.91 bits per heavy atom. The third-order valence-electron chi connectivity index (χ3n) is 5.55. The minimum atomic E-state index is -0.372. The van der Waals surface area contributed by atoms with Crippen molar-refractivity contribution in [3.05, 3.63) is 23.8 Å². The van der Waals surface area contributed by atoms with Crippen LogP contribution < -0.4 is 10.6 Å². The monoisotopic (exact) mass is 314 g/mol. The van der Waals surface area contributed by atoms with E-state index in [1.165, 1.54) is 6.42 Å². The maximum atomic E-state index is 12.5. The first-order valence-corrected chi connectivity index (χ1v) is 8.87. The van der Waals surface area contributed by atoms with Gasteiger partial charge in [0.2, 0.25) is 11.8 Å². The van der Waals surface area contributed by atoms with Crippen molar-refractivity contribution in [3.63, 3.8) is 0 Å². The number of amides is 2. The summed E-state index contributed by atoms with van der Waals surface area (Å²) < 4.78 is 0. The smallest absolute Gasteiger partial charge is 0.235 e. The molecule has 4 nitrogen and oxygen atoms in total. The van der Waals surface area contributed by atoms with Crippen LogP contribution in [0.15, 0.2) is 18.2 Å². The fourth-order valence-electron chi connectivity index (χ4n) is 4.05. The van der Waals surface area contributed by atoms with E-state index < -0.39 is 0 Å². The first-order valence-electron chi connectivity index (χ1n) is 8.87. The van der Waals surface area contributed by atoms with E-state index in [0.717, 1.165) is 55.5 Å². The van der Waals surface area contributed by atoms with Gasteiger partial charge in [0.25, 0.3) is 0 Å². The van der Waals surface area contributed by atoms with Gasteiger partial charge in [0.1, 0.15) is 0 Å². The molecule has 0 bridgehead atoms. The number of carbonyl (C=O) groups excluding carboxylic acids is 2. The lowest BCUT2D eigenvalue weighted by molar-refractivity contribution is -0.122. The van der Waals surface area contributed by atoms with Crippen molar-refractivity contribution in [1.29, 1.82) is 0 Å². The first-order chi connectivity index (χ1) is 11.1. The summed E-state index contributed by atoms with van der Waals surface area (Å²) in [4.78, 5) is 24.9. The molecule has 1 fully saturated rings. The molecular formula is C19H26N2O2. The standard InChI is InChI=1S/C19H26N2O2/c1-3-13(4-2)17(22)20-14-8-9-16-15(12-14)19(18(23)21-16)10-6-5-7-11-19/h8-9,12-13H,3-7,10-11H2,1-2H3,(H,20,22)(H,21,23). The van der Waals surface area contributed by atoms with Crippen LogP contribution in [0.2, 0.25) is 0 Å². The van der Waals surface area contributed by atoms with Crippen LogP contribution in [0.5, 0.6) is 0 Å². The molecule has 3 rings (SSSR count). The lowest BCUT2D eigenvalue weighted by Gasteiger charge is -2.31. The van der Waals surface area contributed by atoms with E-state index >= 15 is 0 Å². The molecule has 1 aromatic carbocycles. The van der Waals surface area contributed by atoms with Crippen molar-refractivity contribution < 1.29 is 9.59 Å². The number of fused-ring (bicyclic) bond motifs is 2. The van der Waals surface area contributed by atoms with E-state index in [0.29, 0.717) is 0 Å². The molecule has 23 heavy (non-hydrogen) atoms. The van der Waals surface area contributed by atoms with Gasteiger partial charge in [0.15, 0.2) is 0 Å². The summed E-state index contributed by atoms with van der Waals surface area (Å²) in [5.41, 5.74) is 2.42. The number of hydrogen-bond acceptors (Lipinski definition) is 2. The van der Waals surface area contributed by atoms with Gasteiger partial charge in [-0.2, -0.15) is 0 Å². The zero-order valence-electron chi connectivity index (χ0n) is 14.1. The van der Waals surface area contributed by atoms with Crippen molar-refractivity contribution in [2.24, 2.45) is 5.92 Å². The summed E-state index contributed by atoms with van der Waals surface area (Å²) >= 11 is 0. The SMILES string of the molecule is CCC(CC)C(=O)Nc1ccc2c(c1)C1(CCCCC1)C(=O)N2. The van der Waals surface area contributed by atoms with Gasteiger partial charge >= 0.3 is 0 Å². The topological polar surface area (TPSA) is 58.2 Å². The maximum Gasteiger partial charge on any atom is 0.235 e. The Morgan fingerprint density at radius 1 is 1.22 bits per heavy atom. The molecule has 124 valence electrons. The number of nitrogens with one attached hydrogen (secondary N) is 2. The van der Waals surface area contributed by atoms with Crippen LogP contribution in [-0.2, 0) is 15.0 Å². The fourth-order valence-corrected chi connectivity index (χ4v) is 4.05. The summed E-state index contributed by atoms with van der Waals surface area (Å²) in [6.07, 6.45) is 6.91. The third-order valence-corrected chi connectivity index (χ3v) is 5.55. The van der Waals surface area contributed by atoms with E-state index in [1.54, 1.807) is 0 Å². The van der Waals surface area contributed by atoms with Crippen LogP contribution >= 0.6 is 0 Å². The largest absolute Gasteiger partial charge is 0.326 e. The van der Waals surface area contributed by atoms with Crippen molar-refractivity contribution in [1.82, 2.24) is 0 Å². The van der Waals surface area contributed by atoms with E-state index in [4.69, 9.17) is 0 Å². The quantitative estimate of drug-likeness (QED) is 0.874. The van der Waals surface area contributed by atoms with Crippen LogP contribution in [0.25, 0.3) is 0 Å². The number of anilines is 2. The van der Waals surface area contributed by atoms with Gasteiger partial charge in [0.05, 0.1) is 5.41 Å². The molecule has 0 radical (unpaired) electrons. The minimum absolute atomic E-state index is 0.0478. The number of rotatable bonds is 4. The Labute approximate surface area is 138 Å². The van der Waals surface area contributed by atoms with Gasteiger partial charge < -0.3 is 10.6 Å². The second kappa shape index (κ2) is 6.34. The highest BCUT2D eigenvalue weighted by molar-refractivity contribution is 6.07. The van der Waals surface area contributed by atoms with E-state index in [9.17, 15) is 9.59 Å². The molecule has 4 heteroatoms. The maximum absolute atomic E-state index is 12.5. The molecule has 0 unspecified atom stereocenters. The van der Waals surface area contributed by atoms with E-state index in [-0.39, 0.29) is 23.1 Å². The molecule has 1 aliphatic carbocycles. The average Bonchev–Trinajstić information content (AvgIpc) is 2.82. The molecule has 1 aliphatic heterocycles. The summed E-state index contributed by atoms with van der Waals surface area (Å²) in [6.45, 7) is 4.08. The zero-order chi connectivity index (χ0) is 16.4. The van der Waals surface area contributed by atoms with Crippen molar-refractivity contribution >= 4 is 23.2 Å². The third kappa shape index (κ3) is 2.75. The molecule has 2 N–H and O–H groups in total. The molecule has 0 saturated heterocycles. The van der Waals surface area contributed by atoms with Crippen molar-refractivity contribution in [2.45, 2.75) is 64.2 Å². The first kappa shape index (κ1) is 16.0. The molecule has 2 amide bonds. The predicted molar refractivity (Wildman–Crippen MR) is 92.5 cm³/mol. The molecule has 0 atom stereocenters. The van der Waals surface area contributed by atoms with Crippen molar-refractivity contribution in [2.75, 3.05) is 10.6 Å². The number of carbonyl (C=O) groups is 2. The van der Waals surface area contributed by atoms with Gasteiger partial charge in [0, 0.05) is 17.3 Å². The van der Waals surface area contributed by atoms with Gasteiger partial charge in [-0.15, -0.1) is 0 Å². The fraction of sp³-hybridized carbons (Fsp3) is 0.579. The summed E-state index contributed by atoms with van der Waals surface area (Å²) in [7, 11) is 0. The van der Waals surface area contributed by atoms with Crippen LogP contribution in [0, 0.1) is 5.92 Å². The van der Waals surface area contributed by atoms with Crippen molar-refractivity contribution in [3.8, 4) is 0 Å². The van der Waals surface area contributed by atoms with Gasteiger partial charge in [-0.05, 0) is 49.4 Å². The van der Waals surface area contributed by atoms with E-state index in [2.05, 4.69) is 10.6 Å². The lowest BCUT2D eigenvalue weighted by Crippen LogP contribution is -2.36.